The Bertz CT molecular complexity index is 920. The van der Waals surface area contributed by atoms with Gasteiger partial charge in [-0.2, -0.15) is 0 Å². The summed E-state index contributed by atoms with van der Waals surface area (Å²) in [5.74, 6) is 0.404. The van der Waals surface area contributed by atoms with Crippen LogP contribution in [0.5, 0.6) is 0 Å². The van der Waals surface area contributed by atoms with Crippen molar-refractivity contribution in [2.75, 3.05) is 11.4 Å². The molecule has 2 atom stereocenters. The predicted octanol–water partition coefficient (Wildman–Crippen LogP) is 4.63. The summed E-state index contributed by atoms with van der Waals surface area (Å²) in [5.41, 5.74) is 2.70. The maximum Gasteiger partial charge on any atom is 0.248 e. The van der Waals surface area contributed by atoms with Gasteiger partial charge >= 0.3 is 0 Å². The molecule has 1 aromatic carbocycles. The topological polar surface area (TPSA) is 73.8 Å². The van der Waals surface area contributed by atoms with Gasteiger partial charge < -0.3 is 10.6 Å². The number of hydrogen-bond donors (Lipinski definition) is 2. The molecular formula is C28H38N4O2. The summed E-state index contributed by atoms with van der Waals surface area (Å²) >= 11 is 0. The normalized spacial score (nSPS) is 22.5. The Morgan fingerprint density at radius 3 is 2.41 bits per heavy atom. The van der Waals surface area contributed by atoms with Gasteiger partial charge in [0, 0.05) is 23.5 Å². The first-order valence-corrected chi connectivity index (χ1v) is 12.9. The fourth-order valence-corrected chi connectivity index (χ4v) is 5.24. The third kappa shape index (κ3) is 5.84. The van der Waals surface area contributed by atoms with E-state index in [1.165, 1.54) is 24.8 Å². The van der Waals surface area contributed by atoms with Crippen LogP contribution in [0.15, 0.2) is 53.2 Å². The van der Waals surface area contributed by atoms with Crippen LogP contribution in [0.1, 0.15) is 76.2 Å². The fraction of sp³-hybridized carbons (Fsp3) is 0.536. The van der Waals surface area contributed by atoms with Crippen LogP contribution in [0.4, 0.5) is 5.69 Å². The van der Waals surface area contributed by atoms with Crippen molar-refractivity contribution < 1.29 is 9.59 Å². The molecule has 2 saturated carbocycles. The molecule has 2 N–H and O–H groups in total. The number of anilines is 1. The Morgan fingerprint density at radius 1 is 1.09 bits per heavy atom. The summed E-state index contributed by atoms with van der Waals surface area (Å²) in [7, 11) is 0. The number of nitrogens with zero attached hydrogens (tertiary/aromatic N) is 2. The van der Waals surface area contributed by atoms with Gasteiger partial charge in [-0.3, -0.25) is 19.5 Å². The van der Waals surface area contributed by atoms with Gasteiger partial charge in [-0.25, -0.2) is 0 Å². The van der Waals surface area contributed by atoms with Gasteiger partial charge in [0.05, 0.1) is 6.04 Å². The highest BCUT2D eigenvalue weighted by Crippen LogP contribution is 2.40. The van der Waals surface area contributed by atoms with E-state index in [9.17, 15) is 9.59 Å². The molecule has 6 nitrogen and oxygen atoms in total. The van der Waals surface area contributed by atoms with Crippen LogP contribution in [0, 0.1) is 0 Å². The minimum Gasteiger partial charge on any atom is -0.351 e. The predicted molar refractivity (Wildman–Crippen MR) is 138 cm³/mol. The Balaban J connectivity index is 1.73. The number of allylic oxidation sites excluding steroid dienone is 1. The number of rotatable bonds is 9. The third-order valence-electron chi connectivity index (χ3n) is 7.19. The zero-order valence-corrected chi connectivity index (χ0v) is 20.3. The minimum absolute atomic E-state index is 0.0695. The number of aliphatic imine (C=N–C) groups is 1. The Labute approximate surface area is 203 Å². The zero-order valence-electron chi connectivity index (χ0n) is 20.3. The number of amides is 2. The summed E-state index contributed by atoms with van der Waals surface area (Å²) < 4.78 is 0. The van der Waals surface area contributed by atoms with E-state index in [0.717, 1.165) is 50.8 Å². The number of carbonyl (C=O) groups excluding carboxylic acids is 2. The van der Waals surface area contributed by atoms with E-state index in [-0.39, 0.29) is 23.9 Å². The van der Waals surface area contributed by atoms with Crippen molar-refractivity contribution in [3.63, 3.8) is 0 Å². The molecule has 34 heavy (non-hydrogen) atoms. The monoisotopic (exact) mass is 462 g/mol. The van der Waals surface area contributed by atoms with Gasteiger partial charge in [0.1, 0.15) is 6.04 Å². The molecule has 1 heterocycles. The number of nitrogens with one attached hydrogen (secondary N) is 2. The lowest BCUT2D eigenvalue weighted by atomic mass is 9.94. The molecule has 0 bridgehead atoms. The molecule has 3 fully saturated rings. The Morgan fingerprint density at radius 2 is 1.82 bits per heavy atom. The SMILES string of the molecule is C=N/C=C(\C=C/C)C(C(=O)NC1CCCCC1)N(C(=O)C1CCCN1)c1ccc(C2CC2)cc1. The van der Waals surface area contributed by atoms with E-state index >= 15 is 0 Å². The van der Waals surface area contributed by atoms with Gasteiger partial charge in [-0.1, -0.05) is 43.5 Å². The van der Waals surface area contributed by atoms with Crippen molar-refractivity contribution in [3.8, 4) is 0 Å². The average Bonchev–Trinajstić information content (AvgIpc) is 3.56. The molecule has 6 heteroatoms. The molecule has 1 aliphatic heterocycles. The summed E-state index contributed by atoms with van der Waals surface area (Å²) in [4.78, 5) is 33.4. The van der Waals surface area contributed by atoms with Crippen LogP contribution < -0.4 is 15.5 Å². The standard InChI is InChI=1S/C28H38N4O2/c1-3-8-22(19-29-2)26(27(33)31-23-9-5-4-6-10-23)32(28(34)25-11-7-18-30-25)24-16-14-21(15-17-24)20-12-13-20/h3,8,14-17,19-20,23,25-26,30H,2,4-7,9-13,18H2,1H3,(H,31,33)/b8-3-,22-19+. The highest BCUT2D eigenvalue weighted by atomic mass is 16.2. The largest absolute Gasteiger partial charge is 0.351 e. The second-order valence-electron chi connectivity index (χ2n) is 9.78. The smallest absolute Gasteiger partial charge is 0.248 e. The Hall–Kier alpha value is -2.73. The number of hydrogen-bond acceptors (Lipinski definition) is 4. The van der Waals surface area contributed by atoms with Gasteiger partial charge in [0.25, 0.3) is 0 Å². The van der Waals surface area contributed by atoms with E-state index in [0.29, 0.717) is 11.5 Å². The number of carbonyl (C=O) groups is 2. The van der Waals surface area contributed by atoms with Gasteiger partial charge in [0.15, 0.2) is 0 Å². The van der Waals surface area contributed by atoms with Crippen molar-refractivity contribution in [1.29, 1.82) is 0 Å². The van der Waals surface area contributed by atoms with E-state index in [4.69, 9.17) is 0 Å². The van der Waals surface area contributed by atoms with Crippen molar-refractivity contribution in [2.45, 2.75) is 88.8 Å². The fourth-order valence-electron chi connectivity index (χ4n) is 5.24. The molecule has 0 spiro atoms. The number of benzene rings is 1. The first-order chi connectivity index (χ1) is 16.6. The van der Waals surface area contributed by atoms with Crippen molar-refractivity contribution in [3.05, 3.63) is 53.8 Å². The molecule has 2 unspecified atom stereocenters. The molecule has 3 aliphatic rings. The summed E-state index contributed by atoms with van der Waals surface area (Å²) in [6.07, 6.45) is 14.9. The zero-order chi connectivity index (χ0) is 23.9. The van der Waals surface area contributed by atoms with E-state index in [1.807, 2.05) is 31.2 Å². The molecule has 1 aromatic rings. The summed E-state index contributed by atoms with van der Waals surface area (Å²) in [6.45, 7) is 6.34. The average molecular weight is 463 g/mol. The highest BCUT2D eigenvalue weighted by Gasteiger charge is 2.38. The Kier molecular flexibility index (Phi) is 8.33. The van der Waals surface area contributed by atoms with Gasteiger partial charge in [-0.15, -0.1) is 0 Å². The van der Waals surface area contributed by atoms with Gasteiger partial charge in [0.2, 0.25) is 11.8 Å². The quantitative estimate of drug-likeness (QED) is 0.415. The molecule has 182 valence electrons. The lowest BCUT2D eigenvalue weighted by Gasteiger charge is -2.35. The van der Waals surface area contributed by atoms with Crippen molar-refractivity contribution in [1.82, 2.24) is 10.6 Å². The molecule has 0 aromatic heterocycles. The first-order valence-electron chi connectivity index (χ1n) is 12.9. The van der Waals surface area contributed by atoms with Crippen LogP contribution in [-0.4, -0.2) is 43.2 Å². The van der Waals surface area contributed by atoms with Crippen LogP contribution in [0.3, 0.4) is 0 Å². The molecule has 1 saturated heterocycles. The lowest BCUT2D eigenvalue weighted by molar-refractivity contribution is -0.127. The first kappa shape index (κ1) is 24.4. The minimum atomic E-state index is -0.815. The van der Waals surface area contributed by atoms with Crippen LogP contribution in [-0.2, 0) is 9.59 Å². The highest BCUT2D eigenvalue weighted by molar-refractivity contribution is 6.05. The van der Waals surface area contributed by atoms with Crippen LogP contribution >= 0.6 is 0 Å². The van der Waals surface area contributed by atoms with Gasteiger partial charge in [-0.05, 0) is 82.3 Å². The second kappa shape index (κ2) is 11.6. The molecular weight excluding hydrogens is 424 g/mol. The van der Waals surface area contributed by atoms with Crippen molar-refractivity contribution in [2.24, 2.45) is 4.99 Å². The van der Waals surface area contributed by atoms with E-state index < -0.39 is 6.04 Å². The molecule has 2 aliphatic carbocycles. The van der Waals surface area contributed by atoms with E-state index in [2.05, 4.69) is 34.5 Å². The molecule has 0 radical (unpaired) electrons. The maximum absolute atomic E-state index is 13.9. The third-order valence-corrected chi connectivity index (χ3v) is 7.19. The van der Waals surface area contributed by atoms with E-state index in [1.54, 1.807) is 11.1 Å². The maximum atomic E-state index is 13.9. The summed E-state index contributed by atoms with van der Waals surface area (Å²) in [5, 5.41) is 6.59. The lowest BCUT2D eigenvalue weighted by Crippen LogP contribution is -2.56. The van der Waals surface area contributed by atoms with Crippen LogP contribution in [0.25, 0.3) is 0 Å². The molecule has 2 amide bonds. The van der Waals surface area contributed by atoms with Crippen LogP contribution in [0.2, 0.25) is 0 Å². The molecule has 4 rings (SSSR count). The van der Waals surface area contributed by atoms with Crippen molar-refractivity contribution >= 4 is 24.2 Å². The second-order valence-corrected chi connectivity index (χ2v) is 9.78. The summed E-state index contributed by atoms with van der Waals surface area (Å²) in [6, 6.07) is 7.24.